The smallest absolute Gasteiger partial charge is 0.233 e. The molecule has 0 aliphatic carbocycles. The maximum Gasteiger partial charge on any atom is 0.233 e. The van der Waals surface area contributed by atoms with Crippen molar-refractivity contribution in [3.05, 3.63) is 52.8 Å². The van der Waals surface area contributed by atoms with Gasteiger partial charge in [-0.2, -0.15) is 0 Å². The number of carbonyl (C=O) groups is 1. The van der Waals surface area contributed by atoms with Gasteiger partial charge in [0.25, 0.3) is 0 Å². The summed E-state index contributed by atoms with van der Waals surface area (Å²) in [5.74, 6) is 0.562. The van der Waals surface area contributed by atoms with Gasteiger partial charge in [-0.25, -0.2) is 0 Å². The van der Waals surface area contributed by atoms with Crippen molar-refractivity contribution in [2.45, 2.75) is 5.37 Å². The van der Waals surface area contributed by atoms with Gasteiger partial charge in [-0.15, -0.1) is 11.8 Å². The van der Waals surface area contributed by atoms with E-state index < -0.39 is 0 Å². The molecule has 1 aliphatic rings. The molecule has 132 valence electrons. The highest BCUT2D eigenvalue weighted by atomic mass is 79.9. The van der Waals surface area contributed by atoms with Gasteiger partial charge in [-0.3, -0.25) is 9.78 Å². The van der Waals surface area contributed by atoms with Crippen LogP contribution < -0.4 is 0 Å². The van der Waals surface area contributed by atoms with Gasteiger partial charge < -0.3 is 14.7 Å². The number of halogens is 1. The molecule has 3 rings (SSSR count). The molecule has 1 aliphatic heterocycles. The van der Waals surface area contributed by atoms with E-state index in [1.807, 2.05) is 29.3 Å². The zero-order valence-electron chi connectivity index (χ0n) is 13.6. The molecule has 1 aromatic heterocycles. The summed E-state index contributed by atoms with van der Waals surface area (Å²) < 4.78 is 6.36. The summed E-state index contributed by atoms with van der Waals surface area (Å²) in [6, 6.07) is 10.1. The number of ether oxygens (including phenoxy) is 1. The zero-order chi connectivity index (χ0) is 17.6. The monoisotopic (exact) mass is 422 g/mol. The van der Waals surface area contributed by atoms with Crippen molar-refractivity contribution >= 4 is 33.6 Å². The largest absolute Gasteiger partial charge is 0.394 e. The molecular formula is C18H19BrN2O3S. The Bertz CT molecular complexity index is 727. The Morgan fingerprint density at radius 2 is 2.08 bits per heavy atom. The summed E-state index contributed by atoms with van der Waals surface area (Å²) in [7, 11) is 0. The van der Waals surface area contributed by atoms with Crippen LogP contribution in [0.1, 0.15) is 10.9 Å². The number of aliphatic hydroxyl groups is 1. The van der Waals surface area contributed by atoms with Crippen molar-refractivity contribution < 1.29 is 14.6 Å². The van der Waals surface area contributed by atoms with Crippen LogP contribution >= 0.6 is 27.7 Å². The Morgan fingerprint density at radius 3 is 2.84 bits per heavy atom. The lowest BCUT2D eigenvalue weighted by molar-refractivity contribution is -0.128. The number of hydrogen-bond acceptors (Lipinski definition) is 5. The number of thioether (sulfide) groups is 1. The molecular weight excluding hydrogens is 404 g/mol. The lowest BCUT2D eigenvalue weighted by atomic mass is 10.0. The van der Waals surface area contributed by atoms with Crippen molar-refractivity contribution in [2.75, 3.05) is 32.1 Å². The highest BCUT2D eigenvalue weighted by Gasteiger charge is 2.34. The van der Waals surface area contributed by atoms with Crippen LogP contribution in [0.4, 0.5) is 0 Å². The van der Waals surface area contributed by atoms with E-state index in [0.717, 1.165) is 21.2 Å². The molecule has 2 heterocycles. The summed E-state index contributed by atoms with van der Waals surface area (Å²) in [6.07, 6.45) is 3.62. The maximum absolute atomic E-state index is 12.3. The van der Waals surface area contributed by atoms with Gasteiger partial charge in [0.1, 0.15) is 5.37 Å². The number of benzene rings is 1. The lowest BCUT2D eigenvalue weighted by Gasteiger charge is -2.25. The minimum absolute atomic E-state index is 0.0115. The predicted octanol–water partition coefficient (Wildman–Crippen LogP) is 3.09. The van der Waals surface area contributed by atoms with Crippen LogP contribution in [0.5, 0.6) is 0 Å². The number of aliphatic hydroxyl groups excluding tert-OH is 1. The summed E-state index contributed by atoms with van der Waals surface area (Å²) >= 11 is 5.07. The van der Waals surface area contributed by atoms with Crippen LogP contribution in [0.3, 0.4) is 0 Å². The van der Waals surface area contributed by atoms with E-state index in [9.17, 15) is 4.79 Å². The van der Waals surface area contributed by atoms with Gasteiger partial charge in [0.15, 0.2) is 0 Å². The molecule has 0 radical (unpaired) electrons. The van der Waals surface area contributed by atoms with Crippen LogP contribution in [0.25, 0.3) is 11.1 Å². The number of rotatable bonds is 7. The lowest BCUT2D eigenvalue weighted by Crippen LogP contribution is -2.32. The first kappa shape index (κ1) is 18.4. The molecule has 1 saturated heterocycles. The molecule has 1 unspecified atom stereocenters. The fraction of sp³-hybridized carbons (Fsp3) is 0.333. The van der Waals surface area contributed by atoms with E-state index in [4.69, 9.17) is 9.84 Å². The van der Waals surface area contributed by atoms with Crippen LogP contribution in [0.15, 0.2) is 47.2 Å². The number of aromatic nitrogens is 1. The van der Waals surface area contributed by atoms with Crippen LogP contribution in [-0.2, 0) is 9.53 Å². The second-order valence-corrected chi connectivity index (χ2v) is 7.54. The van der Waals surface area contributed by atoms with Gasteiger partial charge in [-0.1, -0.05) is 28.1 Å². The Kier molecular flexibility index (Phi) is 6.47. The van der Waals surface area contributed by atoms with Crippen LogP contribution in [0.2, 0.25) is 0 Å². The van der Waals surface area contributed by atoms with E-state index in [1.165, 1.54) is 0 Å². The van der Waals surface area contributed by atoms with Crippen molar-refractivity contribution in [2.24, 2.45) is 0 Å². The second-order valence-electron chi connectivity index (χ2n) is 5.56. The normalized spacial score (nSPS) is 17.3. The van der Waals surface area contributed by atoms with Crippen molar-refractivity contribution in [1.29, 1.82) is 0 Å². The van der Waals surface area contributed by atoms with Gasteiger partial charge in [0.05, 0.1) is 25.6 Å². The van der Waals surface area contributed by atoms with Crippen molar-refractivity contribution in [3.8, 4) is 11.1 Å². The summed E-state index contributed by atoms with van der Waals surface area (Å²) in [5, 5.41) is 8.73. The minimum atomic E-state index is -0.0717. The van der Waals surface area contributed by atoms with E-state index in [2.05, 4.69) is 33.0 Å². The summed E-state index contributed by atoms with van der Waals surface area (Å²) in [4.78, 5) is 18.4. The number of amides is 1. The van der Waals surface area contributed by atoms with E-state index >= 15 is 0 Å². The van der Waals surface area contributed by atoms with Crippen LogP contribution in [-0.4, -0.2) is 53.0 Å². The Morgan fingerprint density at radius 1 is 1.28 bits per heavy atom. The fourth-order valence-electron chi connectivity index (χ4n) is 2.78. The molecule has 0 bridgehead atoms. The topological polar surface area (TPSA) is 62.7 Å². The first-order valence-electron chi connectivity index (χ1n) is 8.00. The molecule has 0 saturated carbocycles. The molecule has 1 aromatic carbocycles. The number of pyridine rings is 1. The van der Waals surface area contributed by atoms with Gasteiger partial charge in [0.2, 0.25) is 5.91 Å². The van der Waals surface area contributed by atoms with Crippen molar-refractivity contribution in [1.82, 2.24) is 9.88 Å². The molecule has 0 spiro atoms. The third-order valence-electron chi connectivity index (χ3n) is 3.95. The van der Waals surface area contributed by atoms with E-state index in [-0.39, 0.29) is 24.5 Å². The van der Waals surface area contributed by atoms with E-state index in [0.29, 0.717) is 18.9 Å². The zero-order valence-corrected chi connectivity index (χ0v) is 16.0. The first-order valence-corrected chi connectivity index (χ1v) is 9.84. The Hall–Kier alpha value is -1.41. The average Bonchev–Trinajstić information content (AvgIpc) is 3.00. The number of nitrogens with zero attached hydrogens (tertiary/aromatic N) is 2. The highest BCUT2D eigenvalue weighted by Crippen LogP contribution is 2.42. The molecule has 2 aromatic rings. The quantitative estimate of drug-likeness (QED) is 0.694. The summed E-state index contributed by atoms with van der Waals surface area (Å²) in [5.41, 5.74) is 3.20. The highest BCUT2D eigenvalue weighted by molar-refractivity contribution is 9.10. The Balaban J connectivity index is 1.85. The first-order chi connectivity index (χ1) is 12.2. The SMILES string of the molecule is O=C1CSC(c2cnccc2-c2ccc(Br)cc2)N1CCOCCO. The maximum atomic E-state index is 12.3. The molecule has 1 fully saturated rings. The van der Waals surface area contributed by atoms with Crippen LogP contribution in [0, 0.1) is 0 Å². The van der Waals surface area contributed by atoms with Gasteiger partial charge >= 0.3 is 0 Å². The fourth-order valence-corrected chi connectivity index (χ4v) is 4.28. The van der Waals surface area contributed by atoms with Crippen molar-refractivity contribution in [3.63, 3.8) is 0 Å². The molecule has 1 amide bonds. The molecule has 7 heteroatoms. The molecule has 1 atom stereocenters. The van der Waals surface area contributed by atoms with E-state index in [1.54, 1.807) is 18.0 Å². The predicted molar refractivity (Wildman–Crippen MR) is 102 cm³/mol. The average molecular weight is 423 g/mol. The van der Waals surface area contributed by atoms with Gasteiger partial charge in [-0.05, 0) is 29.3 Å². The number of carbonyl (C=O) groups excluding carboxylic acids is 1. The minimum Gasteiger partial charge on any atom is -0.394 e. The Labute approximate surface area is 159 Å². The third kappa shape index (κ3) is 4.41. The molecule has 25 heavy (non-hydrogen) atoms. The number of hydrogen-bond donors (Lipinski definition) is 1. The second kappa shape index (κ2) is 8.80. The molecule has 1 N–H and O–H groups in total. The summed E-state index contributed by atoms with van der Waals surface area (Å²) in [6.45, 7) is 1.20. The van der Waals surface area contributed by atoms with Gasteiger partial charge in [0, 0.05) is 29.0 Å². The third-order valence-corrected chi connectivity index (χ3v) is 5.72. The molecule has 5 nitrogen and oxygen atoms in total. The standard InChI is InChI=1S/C18H19BrN2O3S/c19-14-3-1-13(2-4-14)15-5-6-20-11-16(15)18-21(17(23)12-25-18)7-9-24-10-8-22/h1-6,11,18,22H,7-10,12H2.